The number of hydrogen-bond acceptors (Lipinski definition) is 0. The standard InChI is InChI=1S/C58H52BN/c1-8-60-53-30-26-48(44-24-28-50(29-25-44)59(57-40(4)32-38(2)33-41(57)5)58-42(6)34-39(3)35-43(58)7)36-51(53)52-37-49(27-31-54(52)60)56(47-22-16-11-17-23-47)55(45-18-12-9-13-19-45)46-20-14-10-15-21-46/h9-37H,8H2,1-7H3. The van der Waals surface area contributed by atoms with E-state index in [2.05, 4.69) is 229 Å². The van der Waals surface area contributed by atoms with Crippen LogP contribution in [0.25, 0.3) is 44.1 Å². The summed E-state index contributed by atoms with van der Waals surface area (Å²) in [4.78, 5) is 0. The van der Waals surface area contributed by atoms with Crippen molar-refractivity contribution >= 4 is 56.1 Å². The van der Waals surface area contributed by atoms with Gasteiger partial charge >= 0.3 is 0 Å². The van der Waals surface area contributed by atoms with Gasteiger partial charge in [-0.1, -0.05) is 201 Å². The molecule has 9 rings (SSSR count). The van der Waals surface area contributed by atoms with Gasteiger partial charge in [0.2, 0.25) is 6.71 Å². The van der Waals surface area contributed by atoms with Gasteiger partial charge in [0.15, 0.2) is 0 Å². The smallest absolute Gasteiger partial charge is 0.242 e. The first kappa shape index (κ1) is 38.9. The van der Waals surface area contributed by atoms with Gasteiger partial charge in [-0.15, -0.1) is 0 Å². The summed E-state index contributed by atoms with van der Waals surface area (Å²) in [6.07, 6.45) is 0. The molecule has 1 heterocycles. The van der Waals surface area contributed by atoms with E-state index in [0.29, 0.717) is 0 Å². The molecule has 0 aliphatic carbocycles. The maximum Gasteiger partial charge on any atom is 0.242 e. The normalized spacial score (nSPS) is 11.3. The van der Waals surface area contributed by atoms with Gasteiger partial charge in [0.05, 0.1) is 0 Å². The summed E-state index contributed by atoms with van der Waals surface area (Å²) in [6, 6.07) is 65.6. The minimum Gasteiger partial charge on any atom is -0.341 e. The molecule has 292 valence electrons. The summed E-state index contributed by atoms with van der Waals surface area (Å²) >= 11 is 0. The van der Waals surface area contributed by atoms with Crippen molar-refractivity contribution in [1.82, 2.24) is 4.57 Å². The zero-order valence-electron chi connectivity index (χ0n) is 36.0. The maximum absolute atomic E-state index is 2.46. The fourth-order valence-corrected chi connectivity index (χ4v) is 10.1. The zero-order valence-corrected chi connectivity index (χ0v) is 36.0. The largest absolute Gasteiger partial charge is 0.341 e. The van der Waals surface area contributed by atoms with E-state index < -0.39 is 0 Å². The van der Waals surface area contributed by atoms with E-state index in [4.69, 9.17) is 0 Å². The molecule has 8 aromatic carbocycles. The van der Waals surface area contributed by atoms with Crippen LogP contribution >= 0.6 is 0 Å². The van der Waals surface area contributed by atoms with Crippen LogP contribution in [-0.2, 0) is 6.54 Å². The summed E-state index contributed by atoms with van der Waals surface area (Å²) in [5, 5.41) is 2.55. The van der Waals surface area contributed by atoms with Gasteiger partial charge in [-0.2, -0.15) is 0 Å². The highest BCUT2D eigenvalue weighted by atomic mass is 15.0. The second kappa shape index (κ2) is 16.2. The van der Waals surface area contributed by atoms with Gasteiger partial charge in [0, 0.05) is 28.4 Å². The van der Waals surface area contributed by atoms with Gasteiger partial charge < -0.3 is 4.57 Å². The molecule has 0 fully saturated rings. The summed E-state index contributed by atoms with van der Waals surface area (Å²) in [5.74, 6) is 0. The van der Waals surface area contributed by atoms with Crippen LogP contribution in [0.4, 0.5) is 0 Å². The Hall–Kier alpha value is -6.64. The van der Waals surface area contributed by atoms with Crippen molar-refractivity contribution < 1.29 is 0 Å². The number of benzene rings is 8. The third-order valence-corrected chi connectivity index (χ3v) is 12.5. The van der Waals surface area contributed by atoms with E-state index in [1.165, 1.54) is 116 Å². The SMILES string of the molecule is CCn1c2ccc(C(=C(c3ccccc3)c3ccccc3)c3ccccc3)cc2c2cc(-c3ccc(B(c4c(C)cc(C)cc4C)c4c(C)cc(C)cc4C)cc3)ccc21. The molecule has 60 heavy (non-hydrogen) atoms. The second-order valence-corrected chi connectivity index (χ2v) is 16.7. The number of aromatic nitrogens is 1. The van der Waals surface area contributed by atoms with Crippen molar-refractivity contribution in [2.75, 3.05) is 0 Å². The Bertz CT molecular complexity index is 2900. The lowest BCUT2D eigenvalue weighted by atomic mass is 9.34. The Labute approximate surface area is 356 Å². The van der Waals surface area contributed by atoms with Crippen LogP contribution in [0.5, 0.6) is 0 Å². The molecule has 2 heteroatoms. The van der Waals surface area contributed by atoms with Gasteiger partial charge in [0.1, 0.15) is 0 Å². The van der Waals surface area contributed by atoms with E-state index in [9.17, 15) is 0 Å². The summed E-state index contributed by atoms with van der Waals surface area (Å²) in [6.45, 7) is 16.8. The van der Waals surface area contributed by atoms with Crippen LogP contribution in [0.2, 0.25) is 0 Å². The number of hydrogen-bond donors (Lipinski definition) is 0. The van der Waals surface area contributed by atoms with Crippen LogP contribution < -0.4 is 16.4 Å². The topological polar surface area (TPSA) is 4.93 Å². The predicted molar refractivity (Wildman–Crippen MR) is 261 cm³/mol. The van der Waals surface area contributed by atoms with Crippen LogP contribution in [-0.4, -0.2) is 11.3 Å². The van der Waals surface area contributed by atoms with Crippen molar-refractivity contribution in [3.05, 3.63) is 232 Å². The van der Waals surface area contributed by atoms with Gasteiger partial charge in [-0.05, 0) is 117 Å². The summed E-state index contributed by atoms with van der Waals surface area (Å²) < 4.78 is 2.46. The first-order valence-electron chi connectivity index (χ1n) is 21.4. The fraction of sp³-hybridized carbons (Fsp3) is 0.138. The van der Waals surface area contributed by atoms with Crippen LogP contribution in [0, 0.1) is 41.5 Å². The van der Waals surface area contributed by atoms with Crippen molar-refractivity contribution in [3.63, 3.8) is 0 Å². The van der Waals surface area contributed by atoms with E-state index in [1.54, 1.807) is 0 Å². The van der Waals surface area contributed by atoms with Gasteiger partial charge in [-0.25, -0.2) is 0 Å². The van der Waals surface area contributed by atoms with E-state index in [-0.39, 0.29) is 6.71 Å². The molecule has 0 spiro atoms. The minimum absolute atomic E-state index is 0.146. The Kier molecular flexibility index (Phi) is 10.5. The van der Waals surface area contributed by atoms with Crippen molar-refractivity contribution in [1.29, 1.82) is 0 Å². The second-order valence-electron chi connectivity index (χ2n) is 16.7. The highest BCUT2D eigenvalue weighted by Crippen LogP contribution is 2.40. The van der Waals surface area contributed by atoms with Crippen molar-refractivity contribution in [3.8, 4) is 11.1 Å². The molecule has 1 nitrogen and oxygen atoms in total. The molecule has 9 aromatic rings. The van der Waals surface area contributed by atoms with E-state index >= 15 is 0 Å². The highest BCUT2D eigenvalue weighted by Gasteiger charge is 2.28. The number of aryl methyl sites for hydroxylation is 7. The fourth-order valence-electron chi connectivity index (χ4n) is 10.1. The summed E-state index contributed by atoms with van der Waals surface area (Å²) in [7, 11) is 0. The maximum atomic E-state index is 2.46. The van der Waals surface area contributed by atoms with Crippen LogP contribution in [0.3, 0.4) is 0 Å². The Morgan fingerprint density at radius 3 is 1.25 bits per heavy atom. The molecular weight excluding hydrogens is 721 g/mol. The lowest BCUT2D eigenvalue weighted by molar-refractivity contribution is 0.827. The molecular formula is C58H52BN. The minimum atomic E-state index is 0.146. The van der Waals surface area contributed by atoms with Gasteiger partial charge in [-0.3, -0.25) is 0 Å². The van der Waals surface area contributed by atoms with E-state index in [1.807, 2.05) is 0 Å². The summed E-state index contributed by atoms with van der Waals surface area (Å²) in [5.41, 5.74) is 24.4. The Morgan fingerprint density at radius 2 is 0.800 bits per heavy atom. The first-order chi connectivity index (χ1) is 29.2. The lowest BCUT2D eigenvalue weighted by Crippen LogP contribution is -2.55. The Balaban J connectivity index is 1.21. The zero-order chi connectivity index (χ0) is 41.5. The van der Waals surface area contributed by atoms with Crippen molar-refractivity contribution in [2.24, 2.45) is 0 Å². The monoisotopic (exact) mass is 773 g/mol. The third kappa shape index (κ3) is 7.11. The van der Waals surface area contributed by atoms with Crippen molar-refractivity contribution in [2.45, 2.75) is 55.0 Å². The molecule has 0 aliphatic rings. The molecule has 0 bridgehead atoms. The van der Waals surface area contributed by atoms with Crippen LogP contribution in [0.1, 0.15) is 62.6 Å². The lowest BCUT2D eigenvalue weighted by Gasteiger charge is -2.24. The molecule has 0 saturated heterocycles. The number of fused-ring (bicyclic) bond motifs is 3. The first-order valence-corrected chi connectivity index (χ1v) is 21.4. The molecule has 0 amide bonds. The average molecular weight is 774 g/mol. The molecule has 0 unspecified atom stereocenters. The molecule has 0 radical (unpaired) electrons. The van der Waals surface area contributed by atoms with E-state index in [0.717, 1.165) is 6.54 Å². The number of nitrogens with zero attached hydrogens (tertiary/aromatic N) is 1. The molecule has 0 atom stereocenters. The molecule has 0 saturated carbocycles. The quantitative estimate of drug-likeness (QED) is 0.102. The molecule has 0 aliphatic heterocycles. The third-order valence-electron chi connectivity index (χ3n) is 12.5. The Morgan fingerprint density at radius 1 is 0.400 bits per heavy atom. The number of rotatable bonds is 9. The molecule has 1 aromatic heterocycles. The average Bonchev–Trinajstić information content (AvgIpc) is 3.57. The van der Waals surface area contributed by atoms with Gasteiger partial charge in [0.25, 0.3) is 0 Å². The molecule has 0 N–H and O–H groups in total. The van der Waals surface area contributed by atoms with Crippen LogP contribution in [0.15, 0.2) is 176 Å². The highest BCUT2D eigenvalue weighted by molar-refractivity contribution is 6.96. The predicted octanol–water partition coefficient (Wildman–Crippen LogP) is 12.9.